The predicted molar refractivity (Wildman–Crippen MR) is 146 cm³/mol. The van der Waals surface area contributed by atoms with Crippen LogP contribution in [0.25, 0.3) is 0 Å². The van der Waals surface area contributed by atoms with Gasteiger partial charge in [0.15, 0.2) is 5.79 Å². The first-order valence-electron chi connectivity index (χ1n) is 14.3. The first-order chi connectivity index (χ1) is 18.3. The monoisotopic (exact) mass is 546 g/mol. The molecule has 0 radical (unpaired) electrons. The van der Waals surface area contributed by atoms with E-state index < -0.39 is 47.7 Å². The summed E-state index contributed by atoms with van der Waals surface area (Å²) >= 11 is 0. The minimum absolute atomic E-state index is 0.0168. The van der Waals surface area contributed by atoms with Crippen LogP contribution < -0.4 is 0 Å². The molecule has 0 aromatic rings. The molecule has 4 N–H and O–H groups in total. The van der Waals surface area contributed by atoms with Crippen molar-refractivity contribution in [3.05, 3.63) is 47.1 Å². The topological polar surface area (TPSA) is 126 Å². The zero-order chi connectivity index (χ0) is 28.7. The van der Waals surface area contributed by atoms with Gasteiger partial charge in [0.2, 0.25) is 0 Å². The van der Waals surface area contributed by atoms with Crippen LogP contribution in [0.3, 0.4) is 0 Å². The van der Waals surface area contributed by atoms with Gasteiger partial charge in [-0.25, -0.2) is 0 Å². The second-order valence-corrected chi connectivity index (χ2v) is 12.3. The molecule has 2 bridgehead atoms. The zero-order valence-electron chi connectivity index (χ0n) is 24.0. The van der Waals surface area contributed by atoms with Gasteiger partial charge in [-0.2, -0.15) is 0 Å². The molecule has 0 amide bonds. The quantitative estimate of drug-likeness (QED) is 0.269. The van der Waals surface area contributed by atoms with E-state index in [1.165, 1.54) is 6.08 Å². The Morgan fingerprint density at radius 2 is 1.69 bits per heavy atom. The molecule has 1 spiro atoms. The number of allylic oxidation sites excluding steroid dienone is 2. The molecule has 4 aliphatic rings. The maximum absolute atomic E-state index is 13.7. The number of esters is 1. The molecule has 39 heavy (non-hydrogen) atoms. The predicted octanol–water partition coefficient (Wildman–Crippen LogP) is 3.49. The highest BCUT2D eigenvalue weighted by molar-refractivity contribution is 5.78. The molecule has 8 heteroatoms. The summed E-state index contributed by atoms with van der Waals surface area (Å²) in [5.41, 5.74) is -0.572. The summed E-state index contributed by atoms with van der Waals surface area (Å²) < 4.78 is 19.1. The number of ether oxygens (including phenoxy) is 3. The number of carbonyl (C=O) groups is 1. The Morgan fingerprint density at radius 1 is 0.974 bits per heavy atom. The fourth-order valence-corrected chi connectivity index (χ4v) is 6.38. The fourth-order valence-electron chi connectivity index (χ4n) is 6.38. The van der Waals surface area contributed by atoms with Crippen LogP contribution >= 0.6 is 0 Å². The number of carbonyl (C=O) groups excluding carboxylic acids is 1. The van der Waals surface area contributed by atoms with Crippen LogP contribution in [-0.2, 0) is 19.0 Å². The van der Waals surface area contributed by atoms with E-state index in [1.807, 2.05) is 26.8 Å². The van der Waals surface area contributed by atoms with Crippen LogP contribution in [0.2, 0.25) is 0 Å². The summed E-state index contributed by atoms with van der Waals surface area (Å²) in [5.74, 6) is -2.62. The van der Waals surface area contributed by atoms with Crippen molar-refractivity contribution in [1.29, 1.82) is 0 Å². The molecular weight excluding hydrogens is 500 g/mol. The number of hydrogen-bond acceptors (Lipinski definition) is 8. The highest BCUT2D eigenvalue weighted by Crippen LogP contribution is 2.44. The second kappa shape index (κ2) is 11.6. The minimum atomic E-state index is -2.08. The van der Waals surface area contributed by atoms with E-state index in [4.69, 9.17) is 14.2 Å². The third kappa shape index (κ3) is 5.97. The van der Waals surface area contributed by atoms with Crippen molar-refractivity contribution >= 4 is 5.97 Å². The van der Waals surface area contributed by atoms with Gasteiger partial charge >= 0.3 is 5.97 Å². The van der Waals surface area contributed by atoms with Crippen LogP contribution in [-0.4, -0.2) is 74.4 Å². The van der Waals surface area contributed by atoms with Gasteiger partial charge in [-0.1, -0.05) is 44.2 Å². The number of aliphatic hydroxyl groups is 4. The van der Waals surface area contributed by atoms with Crippen molar-refractivity contribution in [1.82, 2.24) is 0 Å². The van der Waals surface area contributed by atoms with Gasteiger partial charge in [0.1, 0.15) is 29.8 Å². The molecule has 1 aliphatic carbocycles. The van der Waals surface area contributed by atoms with E-state index in [1.54, 1.807) is 32.1 Å². The molecule has 11 atom stereocenters. The molecule has 8 nitrogen and oxygen atoms in total. The number of fused-ring (bicyclic) bond motifs is 3. The lowest BCUT2D eigenvalue weighted by Crippen LogP contribution is -2.60. The first-order valence-corrected chi connectivity index (χ1v) is 14.3. The molecule has 3 aliphatic heterocycles. The maximum atomic E-state index is 13.7. The second-order valence-electron chi connectivity index (χ2n) is 12.3. The molecule has 0 aromatic carbocycles. The molecular formula is C31H46O8. The first kappa shape index (κ1) is 30.2. The van der Waals surface area contributed by atoms with Crippen molar-refractivity contribution in [3.63, 3.8) is 0 Å². The standard InChI is InChI=1S/C31H46O8/c1-17-12-13-30(38-22(17)6)16-24-15-23(39-30)11-10-19(3)26(32)18(2)8-7-9-21(5)31(36)25(29(35)37-24)14-20(4)27(33)28(31)34/h7-10,14,17-18,22-28,32-34,36H,11-13,15-16H2,1-6H3/t17-,18-,22+,23+,24-,25-,26-,27+,28+,30-,31+/m0/s1. The summed E-state index contributed by atoms with van der Waals surface area (Å²) in [7, 11) is 0. The molecule has 2 fully saturated rings. The molecule has 218 valence electrons. The third-order valence-electron chi connectivity index (χ3n) is 9.35. The minimum Gasteiger partial charge on any atom is -0.462 e. The van der Waals surface area contributed by atoms with E-state index in [2.05, 4.69) is 6.92 Å². The molecule has 2 saturated heterocycles. The Balaban J connectivity index is 1.75. The van der Waals surface area contributed by atoms with Crippen molar-refractivity contribution in [2.45, 2.75) is 122 Å². The third-order valence-corrected chi connectivity index (χ3v) is 9.35. The van der Waals surface area contributed by atoms with Crippen LogP contribution in [0.1, 0.15) is 73.6 Å². The van der Waals surface area contributed by atoms with E-state index in [0.29, 0.717) is 42.7 Å². The molecule has 0 aromatic heterocycles. The van der Waals surface area contributed by atoms with Gasteiger partial charge in [-0.05, 0) is 63.2 Å². The molecule has 4 rings (SSSR count). The number of aliphatic hydroxyl groups excluding tert-OH is 3. The Hall–Kier alpha value is -1.81. The Morgan fingerprint density at radius 3 is 2.38 bits per heavy atom. The van der Waals surface area contributed by atoms with Gasteiger partial charge in [-0.3, -0.25) is 4.79 Å². The summed E-state index contributed by atoms with van der Waals surface area (Å²) in [4.78, 5) is 13.7. The highest BCUT2D eigenvalue weighted by atomic mass is 16.7. The Kier molecular flexibility index (Phi) is 8.96. The Labute approximate surface area is 232 Å². The van der Waals surface area contributed by atoms with Crippen LogP contribution in [0.4, 0.5) is 0 Å². The van der Waals surface area contributed by atoms with Crippen molar-refractivity contribution in [2.75, 3.05) is 0 Å². The average Bonchev–Trinajstić information content (AvgIpc) is 2.89. The fraction of sp³-hybridized carbons (Fsp3) is 0.710. The Bertz CT molecular complexity index is 1050. The SMILES string of the molecule is CC1=C[C@H]2C(=O)O[C@H]3C[C@@H](CC=C(C)[C@@H](O)[C@@H](C)C=CC=C(C)[C@]2(O)[C@H](O)[C@@H]1O)O[C@@]1(CC[C@H](C)[C@@H](C)O1)C3. The molecule has 0 unspecified atom stereocenters. The van der Waals surface area contributed by atoms with Crippen molar-refractivity contribution in [2.24, 2.45) is 17.8 Å². The summed E-state index contributed by atoms with van der Waals surface area (Å²) in [6.07, 6.45) is 6.99. The van der Waals surface area contributed by atoms with Crippen molar-refractivity contribution in [3.8, 4) is 0 Å². The lowest BCUT2D eigenvalue weighted by Gasteiger charge is -2.49. The highest BCUT2D eigenvalue weighted by Gasteiger charge is 2.55. The van der Waals surface area contributed by atoms with Crippen molar-refractivity contribution < 1.29 is 39.4 Å². The van der Waals surface area contributed by atoms with Gasteiger partial charge in [-0.15, -0.1) is 0 Å². The largest absolute Gasteiger partial charge is 0.462 e. The van der Waals surface area contributed by atoms with E-state index in [-0.39, 0.29) is 18.1 Å². The van der Waals surface area contributed by atoms with Crippen LogP contribution in [0.5, 0.6) is 0 Å². The summed E-state index contributed by atoms with van der Waals surface area (Å²) in [5, 5.41) is 44.4. The number of rotatable bonds is 0. The average molecular weight is 547 g/mol. The smallest absolute Gasteiger partial charge is 0.316 e. The van der Waals surface area contributed by atoms with E-state index >= 15 is 0 Å². The van der Waals surface area contributed by atoms with E-state index in [9.17, 15) is 25.2 Å². The summed E-state index contributed by atoms with van der Waals surface area (Å²) in [6, 6.07) is 0. The lowest BCUT2D eigenvalue weighted by atomic mass is 9.69. The zero-order valence-corrected chi connectivity index (χ0v) is 24.0. The van der Waals surface area contributed by atoms with Gasteiger partial charge in [0.05, 0.1) is 18.3 Å². The number of hydrogen-bond donors (Lipinski definition) is 4. The summed E-state index contributed by atoms with van der Waals surface area (Å²) in [6.45, 7) is 11.2. The molecule has 0 saturated carbocycles. The molecule has 3 heterocycles. The van der Waals surface area contributed by atoms with Crippen LogP contribution in [0.15, 0.2) is 47.1 Å². The van der Waals surface area contributed by atoms with Gasteiger partial charge in [0, 0.05) is 25.2 Å². The van der Waals surface area contributed by atoms with E-state index in [0.717, 1.165) is 12.0 Å². The normalized spacial score (nSPS) is 46.1. The van der Waals surface area contributed by atoms with Crippen LogP contribution in [0, 0.1) is 17.8 Å². The van der Waals surface area contributed by atoms with Gasteiger partial charge < -0.3 is 34.6 Å². The maximum Gasteiger partial charge on any atom is 0.316 e. The lowest BCUT2D eigenvalue weighted by molar-refractivity contribution is -0.332. The van der Waals surface area contributed by atoms with Gasteiger partial charge in [0.25, 0.3) is 0 Å².